The fraction of sp³-hybridized carbons (Fsp3) is 0.727. The number of Topliss-reactive ketones (excluding diaryl/α,β-unsaturated/α-hetero) is 2. The van der Waals surface area contributed by atoms with Gasteiger partial charge in [-0.25, -0.2) is 9.59 Å². The zero-order chi connectivity index (χ0) is 34.2. The molecule has 262 valence electrons. The average Bonchev–Trinajstić information content (AvgIpc) is 3.86. The number of carbonyl (C=O) groups excluding carboxylic acids is 5. The summed E-state index contributed by atoms with van der Waals surface area (Å²) in [5.74, 6) is -0.0672. The van der Waals surface area contributed by atoms with Gasteiger partial charge in [0.05, 0.1) is 11.6 Å². The number of ketones is 2. The first-order chi connectivity index (χ1) is 22.9. The van der Waals surface area contributed by atoms with E-state index in [1.54, 1.807) is 32.6 Å². The van der Waals surface area contributed by atoms with E-state index in [-0.39, 0.29) is 5.78 Å². The molecule has 3 atom stereocenters. The monoisotopic (exact) mass is 669 g/mol. The van der Waals surface area contributed by atoms with Crippen LogP contribution in [0.5, 0.6) is 0 Å². The van der Waals surface area contributed by atoms with Crippen molar-refractivity contribution >= 4 is 47.1 Å². The van der Waals surface area contributed by atoms with Crippen LogP contribution in [0.15, 0.2) is 0 Å². The third kappa shape index (κ3) is 7.06. The summed E-state index contributed by atoms with van der Waals surface area (Å²) in [6.07, 6.45) is 2.22. The second-order valence-corrected chi connectivity index (χ2v) is 14.2. The maximum absolute atomic E-state index is 13.3. The minimum atomic E-state index is -1.35. The molecule has 1 aromatic rings. The summed E-state index contributed by atoms with van der Waals surface area (Å²) in [6, 6.07) is -0.559. The minimum Gasteiger partial charge on any atom is -0.449 e. The normalized spacial score (nSPS) is 24.8. The molecule has 1 aromatic heterocycles. The van der Waals surface area contributed by atoms with Crippen LogP contribution >= 0.6 is 0 Å². The van der Waals surface area contributed by atoms with Crippen LogP contribution in [0.2, 0.25) is 0 Å². The molecule has 6 heterocycles. The highest BCUT2D eigenvalue weighted by Crippen LogP contribution is 2.34. The van der Waals surface area contributed by atoms with E-state index < -0.39 is 54.2 Å². The summed E-state index contributed by atoms with van der Waals surface area (Å²) in [4.78, 5) is 84.4. The summed E-state index contributed by atoms with van der Waals surface area (Å²) in [7, 11) is 0. The number of rotatable bonds is 8. The van der Waals surface area contributed by atoms with Gasteiger partial charge in [0.1, 0.15) is 17.2 Å². The lowest BCUT2D eigenvalue weighted by Crippen LogP contribution is -2.63. The van der Waals surface area contributed by atoms with Gasteiger partial charge >= 0.3 is 12.1 Å². The number of fused-ring (bicyclic) bond motifs is 1. The molecule has 5 aliphatic rings. The lowest BCUT2D eigenvalue weighted by molar-refractivity contribution is -0.185. The Hall–Kier alpha value is -4.01. The SMILES string of the molecule is CC(=O)c1c(N2CCCC2)nc(N2CCCC2)nc1N1CCN(C(=O)OCC(=O)OC2C(=O)C(OC(C)(C)C)C(=O)N3CCCC23)CC1. The van der Waals surface area contributed by atoms with Crippen molar-refractivity contribution in [2.45, 2.75) is 90.1 Å². The number of hydrogen-bond donors (Lipinski definition) is 0. The zero-order valence-electron chi connectivity index (χ0n) is 28.4. The van der Waals surface area contributed by atoms with Crippen LogP contribution in [-0.2, 0) is 28.6 Å². The molecule has 48 heavy (non-hydrogen) atoms. The molecule has 0 saturated carbocycles. The van der Waals surface area contributed by atoms with E-state index >= 15 is 0 Å². The number of aromatic nitrogens is 2. The maximum atomic E-state index is 13.3. The topological polar surface area (TPSA) is 155 Å². The van der Waals surface area contributed by atoms with E-state index in [1.165, 1.54) is 4.90 Å². The van der Waals surface area contributed by atoms with Gasteiger partial charge < -0.3 is 38.7 Å². The van der Waals surface area contributed by atoms with Gasteiger partial charge in [0.25, 0.3) is 5.91 Å². The van der Waals surface area contributed by atoms with Crippen LogP contribution in [-0.4, -0.2) is 139 Å². The zero-order valence-corrected chi connectivity index (χ0v) is 28.4. The standard InChI is InChI=1S/C33H47N7O8/c1-21(41)24-28(36-11-5-6-12-36)34-31(38-13-7-8-14-38)35-29(24)37-16-18-39(19-17-37)32(45)46-20-23(42)47-26-22-10-9-15-40(22)30(44)27(25(26)43)48-33(2,3)4/h22,26-27H,5-20H2,1-4H3. The number of carbonyl (C=O) groups is 5. The average molecular weight is 670 g/mol. The number of piperazine rings is 1. The van der Waals surface area contributed by atoms with Crippen LogP contribution in [0.3, 0.4) is 0 Å². The van der Waals surface area contributed by atoms with Gasteiger partial charge in [-0.3, -0.25) is 14.4 Å². The van der Waals surface area contributed by atoms with Gasteiger partial charge in [0, 0.05) is 58.9 Å². The minimum absolute atomic E-state index is 0.0990. The van der Waals surface area contributed by atoms with E-state index in [4.69, 9.17) is 24.2 Å². The van der Waals surface area contributed by atoms with Crippen LogP contribution in [0.1, 0.15) is 76.6 Å². The van der Waals surface area contributed by atoms with Gasteiger partial charge in [0.15, 0.2) is 24.6 Å². The highest BCUT2D eigenvalue weighted by molar-refractivity contribution is 6.10. The molecule has 0 bridgehead atoms. The lowest BCUT2D eigenvalue weighted by Gasteiger charge is -2.40. The van der Waals surface area contributed by atoms with Crippen LogP contribution in [0, 0.1) is 0 Å². The molecule has 2 amide bonds. The first-order valence-corrected chi connectivity index (χ1v) is 17.2. The summed E-state index contributed by atoms with van der Waals surface area (Å²) >= 11 is 0. The van der Waals surface area contributed by atoms with Gasteiger partial charge in [-0.05, 0) is 66.2 Å². The molecule has 3 unspecified atom stereocenters. The number of nitrogens with zero attached hydrogens (tertiary/aromatic N) is 7. The Labute approximate surface area is 280 Å². The van der Waals surface area contributed by atoms with E-state index in [9.17, 15) is 24.0 Å². The van der Waals surface area contributed by atoms with Gasteiger partial charge in [-0.15, -0.1) is 0 Å². The van der Waals surface area contributed by atoms with E-state index in [0.29, 0.717) is 68.7 Å². The molecule has 0 aliphatic carbocycles. The summed E-state index contributed by atoms with van der Waals surface area (Å²) in [6.45, 7) is 11.4. The van der Waals surface area contributed by atoms with Crippen molar-refractivity contribution in [1.29, 1.82) is 0 Å². The highest BCUT2D eigenvalue weighted by atomic mass is 16.6. The molecular formula is C33H47N7O8. The van der Waals surface area contributed by atoms with Crippen molar-refractivity contribution in [2.24, 2.45) is 0 Å². The fourth-order valence-corrected chi connectivity index (χ4v) is 7.27. The van der Waals surface area contributed by atoms with Gasteiger partial charge in [-0.1, -0.05) is 0 Å². The quantitative estimate of drug-likeness (QED) is 0.225. The first-order valence-electron chi connectivity index (χ1n) is 17.2. The van der Waals surface area contributed by atoms with Crippen LogP contribution < -0.4 is 14.7 Å². The first kappa shape index (κ1) is 33.9. The van der Waals surface area contributed by atoms with Crippen molar-refractivity contribution in [1.82, 2.24) is 19.8 Å². The smallest absolute Gasteiger partial charge is 0.410 e. The molecule has 5 saturated heterocycles. The van der Waals surface area contributed by atoms with Crippen molar-refractivity contribution < 1.29 is 38.2 Å². The highest BCUT2D eigenvalue weighted by Gasteiger charge is 2.53. The number of amides is 2. The predicted molar refractivity (Wildman–Crippen MR) is 174 cm³/mol. The van der Waals surface area contributed by atoms with Crippen molar-refractivity contribution in [3.8, 4) is 0 Å². The fourth-order valence-electron chi connectivity index (χ4n) is 7.27. The molecule has 0 aromatic carbocycles. The molecule has 15 heteroatoms. The second kappa shape index (κ2) is 13.8. The van der Waals surface area contributed by atoms with E-state index in [2.05, 4.69) is 9.80 Å². The Morgan fingerprint density at radius 2 is 1.38 bits per heavy atom. The van der Waals surface area contributed by atoms with Gasteiger partial charge in [0.2, 0.25) is 11.7 Å². The van der Waals surface area contributed by atoms with Crippen molar-refractivity contribution in [3.05, 3.63) is 5.56 Å². The number of piperidine rings is 1. The molecule has 5 aliphatic heterocycles. The van der Waals surface area contributed by atoms with Crippen molar-refractivity contribution in [3.63, 3.8) is 0 Å². The largest absolute Gasteiger partial charge is 0.449 e. The molecule has 5 fully saturated rings. The van der Waals surface area contributed by atoms with Crippen molar-refractivity contribution in [2.75, 3.05) is 80.2 Å². The van der Waals surface area contributed by atoms with Crippen LogP contribution in [0.4, 0.5) is 22.4 Å². The Bertz CT molecular complexity index is 1430. The Morgan fingerprint density at radius 1 is 0.792 bits per heavy atom. The number of esters is 1. The molecule has 0 N–H and O–H groups in total. The molecule has 15 nitrogen and oxygen atoms in total. The second-order valence-electron chi connectivity index (χ2n) is 14.2. The van der Waals surface area contributed by atoms with Crippen LogP contribution in [0.25, 0.3) is 0 Å². The molecule has 0 radical (unpaired) electrons. The molecular weight excluding hydrogens is 622 g/mol. The molecule has 0 spiro atoms. The Kier molecular flexibility index (Phi) is 9.77. The summed E-state index contributed by atoms with van der Waals surface area (Å²) < 4.78 is 16.6. The summed E-state index contributed by atoms with van der Waals surface area (Å²) in [5, 5.41) is 0. The maximum Gasteiger partial charge on any atom is 0.410 e. The number of anilines is 3. The van der Waals surface area contributed by atoms with E-state index in [0.717, 1.165) is 51.9 Å². The predicted octanol–water partition coefficient (Wildman–Crippen LogP) is 1.81. The van der Waals surface area contributed by atoms with Gasteiger partial charge in [-0.2, -0.15) is 9.97 Å². The van der Waals surface area contributed by atoms with E-state index in [1.807, 2.05) is 4.90 Å². The Morgan fingerprint density at radius 3 is 1.96 bits per heavy atom. The Balaban J connectivity index is 1.08. The lowest BCUT2D eigenvalue weighted by atomic mass is 9.94. The summed E-state index contributed by atoms with van der Waals surface area (Å²) in [5.41, 5.74) is -0.252. The third-order valence-corrected chi connectivity index (χ3v) is 9.58. The number of hydrogen-bond acceptors (Lipinski definition) is 13. The molecule has 6 rings (SSSR count). The third-order valence-electron chi connectivity index (χ3n) is 9.58. The number of ether oxygens (including phenoxy) is 3.